The molecule has 0 aliphatic rings. The Bertz CT molecular complexity index is 821. The van der Waals surface area contributed by atoms with E-state index < -0.39 is 11.8 Å². The SMILES string of the molecule is CC(=Cc1ccc(C)cc1C=C(C)C(=O)N=C(N)N)C(=O)N=C(N)N.Cl.Cl. The molecule has 8 N–H and O–H groups in total. The first-order chi connectivity index (χ1) is 11.6. The average Bonchev–Trinajstić information content (AvgIpc) is 2.48. The summed E-state index contributed by atoms with van der Waals surface area (Å²) in [5.41, 5.74) is 24.0. The molecule has 0 fully saturated rings. The highest BCUT2D eigenvalue weighted by Gasteiger charge is 2.08. The third-order valence-corrected chi connectivity index (χ3v) is 3.12. The summed E-state index contributed by atoms with van der Waals surface area (Å²) in [6.45, 7) is 5.11. The van der Waals surface area contributed by atoms with Gasteiger partial charge in [0.2, 0.25) is 0 Å². The second-order valence-electron chi connectivity index (χ2n) is 5.47. The van der Waals surface area contributed by atoms with Crippen LogP contribution in [0.5, 0.6) is 0 Å². The van der Waals surface area contributed by atoms with Crippen molar-refractivity contribution < 1.29 is 9.59 Å². The first-order valence-electron chi connectivity index (χ1n) is 7.35. The molecule has 1 aromatic rings. The van der Waals surface area contributed by atoms with Gasteiger partial charge in [-0.15, -0.1) is 24.8 Å². The molecule has 0 aliphatic heterocycles. The van der Waals surface area contributed by atoms with Crippen molar-refractivity contribution >= 4 is 60.7 Å². The molecule has 8 nitrogen and oxygen atoms in total. The lowest BCUT2D eigenvalue weighted by atomic mass is 10.00. The molecule has 0 bridgehead atoms. The third-order valence-electron chi connectivity index (χ3n) is 3.12. The summed E-state index contributed by atoms with van der Waals surface area (Å²) in [5.74, 6) is -1.69. The van der Waals surface area contributed by atoms with Gasteiger partial charge >= 0.3 is 0 Å². The van der Waals surface area contributed by atoms with Gasteiger partial charge in [0.15, 0.2) is 11.9 Å². The lowest BCUT2D eigenvalue weighted by Gasteiger charge is -2.06. The number of amides is 2. The van der Waals surface area contributed by atoms with Crippen LogP contribution >= 0.6 is 24.8 Å². The maximum absolute atomic E-state index is 11.9. The van der Waals surface area contributed by atoms with Crippen LogP contribution in [0.3, 0.4) is 0 Å². The Kier molecular flexibility index (Phi) is 11.4. The maximum Gasteiger partial charge on any atom is 0.275 e. The van der Waals surface area contributed by atoms with Gasteiger partial charge < -0.3 is 22.9 Å². The minimum absolute atomic E-state index is 0. The van der Waals surface area contributed by atoms with Gasteiger partial charge in [0.05, 0.1) is 0 Å². The summed E-state index contributed by atoms with van der Waals surface area (Å²) in [4.78, 5) is 30.7. The van der Waals surface area contributed by atoms with Gasteiger partial charge in [0.1, 0.15) is 0 Å². The molecular weight excluding hydrogens is 391 g/mol. The molecule has 0 heterocycles. The topological polar surface area (TPSA) is 163 Å². The first kappa shape index (κ1) is 26.4. The number of aryl methyl sites for hydroxylation is 1. The molecule has 0 aliphatic carbocycles. The molecular formula is C17H24Cl2N6O2. The quantitative estimate of drug-likeness (QED) is 0.328. The van der Waals surface area contributed by atoms with E-state index in [4.69, 9.17) is 22.9 Å². The zero-order chi connectivity index (χ0) is 19.1. The van der Waals surface area contributed by atoms with E-state index in [0.29, 0.717) is 11.1 Å². The van der Waals surface area contributed by atoms with E-state index in [-0.39, 0.29) is 36.7 Å². The normalized spacial score (nSPS) is 10.8. The number of aliphatic imine (C=N–C) groups is 2. The Morgan fingerprint density at radius 3 is 1.63 bits per heavy atom. The number of carbonyl (C=O) groups is 2. The molecule has 0 atom stereocenters. The number of hydrogen-bond acceptors (Lipinski definition) is 2. The molecule has 0 unspecified atom stereocenters. The molecule has 0 aromatic heterocycles. The Morgan fingerprint density at radius 1 is 0.815 bits per heavy atom. The van der Waals surface area contributed by atoms with Crippen molar-refractivity contribution in [1.29, 1.82) is 0 Å². The maximum atomic E-state index is 11.9. The van der Waals surface area contributed by atoms with Gasteiger partial charge in [-0.05, 0) is 44.1 Å². The molecule has 1 aromatic carbocycles. The monoisotopic (exact) mass is 414 g/mol. The first-order valence-corrected chi connectivity index (χ1v) is 7.35. The summed E-state index contributed by atoms with van der Waals surface area (Å²) >= 11 is 0. The second-order valence-corrected chi connectivity index (χ2v) is 5.47. The van der Waals surface area contributed by atoms with Crippen LogP contribution in [0.25, 0.3) is 12.2 Å². The van der Waals surface area contributed by atoms with E-state index in [2.05, 4.69) is 9.98 Å². The molecule has 0 saturated heterocycles. The van der Waals surface area contributed by atoms with Crippen LogP contribution in [-0.4, -0.2) is 23.7 Å². The summed E-state index contributed by atoms with van der Waals surface area (Å²) in [6, 6.07) is 5.58. The largest absolute Gasteiger partial charge is 0.370 e. The van der Waals surface area contributed by atoms with Crippen LogP contribution in [-0.2, 0) is 9.59 Å². The number of halogens is 2. The summed E-state index contributed by atoms with van der Waals surface area (Å²) in [6.07, 6.45) is 3.28. The van der Waals surface area contributed by atoms with E-state index >= 15 is 0 Å². The molecule has 0 saturated carbocycles. The number of nitrogens with two attached hydrogens (primary N) is 4. The number of benzene rings is 1. The van der Waals surface area contributed by atoms with Crippen molar-refractivity contribution in [3.8, 4) is 0 Å². The summed E-state index contributed by atoms with van der Waals surface area (Å²) in [5, 5.41) is 0. The van der Waals surface area contributed by atoms with Gasteiger partial charge in [-0.25, -0.2) is 0 Å². The smallest absolute Gasteiger partial charge is 0.275 e. The molecule has 148 valence electrons. The van der Waals surface area contributed by atoms with Crippen molar-refractivity contribution in [3.63, 3.8) is 0 Å². The minimum Gasteiger partial charge on any atom is -0.370 e. The van der Waals surface area contributed by atoms with Crippen molar-refractivity contribution in [2.24, 2.45) is 32.9 Å². The number of guanidine groups is 2. The van der Waals surface area contributed by atoms with Gasteiger partial charge in [0.25, 0.3) is 11.8 Å². The highest BCUT2D eigenvalue weighted by atomic mass is 35.5. The third kappa shape index (κ3) is 8.89. The van der Waals surface area contributed by atoms with E-state index in [0.717, 1.165) is 16.7 Å². The van der Waals surface area contributed by atoms with Gasteiger partial charge in [-0.1, -0.05) is 23.8 Å². The van der Waals surface area contributed by atoms with E-state index in [1.165, 1.54) is 0 Å². The Morgan fingerprint density at radius 2 is 1.22 bits per heavy atom. The second kappa shape index (κ2) is 11.7. The predicted octanol–water partition coefficient (Wildman–Crippen LogP) is 1.25. The van der Waals surface area contributed by atoms with Crippen LogP contribution < -0.4 is 22.9 Å². The number of carbonyl (C=O) groups excluding carboxylic acids is 2. The van der Waals surface area contributed by atoms with Gasteiger partial charge in [-0.2, -0.15) is 9.98 Å². The highest BCUT2D eigenvalue weighted by Crippen LogP contribution is 2.19. The van der Waals surface area contributed by atoms with Crippen molar-refractivity contribution in [2.75, 3.05) is 0 Å². The Labute approximate surface area is 170 Å². The minimum atomic E-state index is -0.538. The molecule has 10 heteroatoms. The van der Waals surface area contributed by atoms with Crippen LogP contribution in [0.4, 0.5) is 0 Å². The summed E-state index contributed by atoms with van der Waals surface area (Å²) in [7, 11) is 0. The highest BCUT2D eigenvalue weighted by molar-refractivity contribution is 6.05. The van der Waals surface area contributed by atoms with Gasteiger partial charge in [-0.3, -0.25) is 9.59 Å². The number of rotatable bonds is 4. The molecule has 1 rings (SSSR count). The zero-order valence-corrected chi connectivity index (χ0v) is 16.9. The van der Waals surface area contributed by atoms with E-state index in [1.54, 1.807) is 26.0 Å². The molecule has 0 spiro atoms. The molecule has 2 amide bonds. The average molecular weight is 415 g/mol. The number of nitrogens with zero attached hydrogens (tertiary/aromatic N) is 2. The zero-order valence-electron chi connectivity index (χ0n) is 15.2. The van der Waals surface area contributed by atoms with Crippen LogP contribution in [0, 0.1) is 6.92 Å². The van der Waals surface area contributed by atoms with Crippen LogP contribution in [0.2, 0.25) is 0 Å². The van der Waals surface area contributed by atoms with Crippen molar-refractivity contribution in [2.45, 2.75) is 20.8 Å². The number of hydrogen-bond donors (Lipinski definition) is 4. The van der Waals surface area contributed by atoms with Crippen molar-refractivity contribution in [1.82, 2.24) is 0 Å². The fourth-order valence-corrected chi connectivity index (χ4v) is 1.95. The fraction of sp³-hybridized carbons (Fsp3) is 0.176. The lowest BCUT2D eigenvalue weighted by molar-refractivity contribution is -0.115. The predicted molar refractivity (Wildman–Crippen MR) is 115 cm³/mol. The van der Waals surface area contributed by atoms with E-state index in [9.17, 15) is 9.59 Å². The summed E-state index contributed by atoms with van der Waals surface area (Å²) < 4.78 is 0. The van der Waals surface area contributed by atoms with Crippen LogP contribution in [0.1, 0.15) is 30.5 Å². The standard InChI is InChI=1S/C17H22N6O2.2ClH/c1-9-4-5-12(7-10(2)14(24)22-16(18)19)13(6-9)8-11(3)15(25)23-17(20)21;;/h4-8H,1-3H3,(H4,18,19,22,24)(H4,20,21,23,25);2*1H. The Balaban J connectivity index is 0. The Hall–Kier alpha value is -2.84. The van der Waals surface area contributed by atoms with Crippen LogP contribution in [0.15, 0.2) is 39.3 Å². The lowest BCUT2D eigenvalue weighted by Crippen LogP contribution is -2.24. The van der Waals surface area contributed by atoms with Gasteiger partial charge in [0, 0.05) is 11.1 Å². The molecule has 0 radical (unpaired) electrons. The van der Waals surface area contributed by atoms with E-state index in [1.807, 2.05) is 25.1 Å². The fourth-order valence-electron chi connectivity index (χ4n) is 1.95. The molecule has 27 heavy (non-hydrogen) atoms. The van der Waals surface area contributed by atoms with Crippen molar-refractivity contribution in [3.05, 3.63) is 46.0 Å².